The zero-order valence-corrected chi connectivity index (χ0v) is 20.3. The first-order chi connectivity index (χ1) is 16.3. The summed E-state index contributed by atoms with van der Waals surface area (Å²) in [6, 6.07) is 10.2. The standard InChI is InChI=1S/C13H16N2O2.C11H20N2O4/c16-13-14-8-4-7-12(9-14)15(13)17-10-11-5-2-1-3-6-11;1-11(2,3)16-10(15)13-6-4-9(5-7-13)17-12-8-14/h1-3,5-6,12H,4,7-10H2;8-9H,4-7H2,1-3H3,(H,12,14). The Kier molecular flexibility index (Phi) is 9.12. The van der Waals surface area contributed by atoms with Gasteiger partial charge >= 0.3 is 12.1 Å². The number of ether oxygens (including phenoxy) is 1. The fourth-order valence-electron chi connectivity index (χ4n) is 4.10. The normalized spacial score (nSPS) is 20.5. The highest BCUT2D eigenvalue weighted by molar-refractivity contribution is 5.76. The SMILES string of the molecule is CC(C)(C)OC(=O)N1CCC(ONC=O)CC1.O=C1N2CCCC(C2)N1OCc1ccccc1. The van der Waals surface area contributed by atoms with Crippen molar-refractivity contribution < 1.29 is 28.8 Å². The largest absolute Gasteiger partial charge is 0.444 e. The average molecular weight is 477 g/mol. The molecule has 3 saturated heterocycles. The van der Waals surface area contributed by atoms with Crippen LogP contribution < -0.4 is 5.48 Å². The minimum atomic E-state index is -0.469. The van der Waals surface area contributed by atoms with Crippen molar-refractivity contribution in [2.75, 3.05) is 26.2 Å². The number of hydrogen-bond acceptors (Lipinski definition) is 6. The van der Waals surface area contributed by atoms with Crippen LogP contribution in [-0.4, -0.2) is 77.3 Å². The summed E-state index contributed by atoms with van der Waals surface area (Å²) in [4.78, 5) is 48.0. The van der Waals surface area contributed by atoms with Crippen molar-refractivity contribution in [1.82, 2.24) is 20.3 Å². The first-order valence-corrected chi connectivity index (χ1v) is 11.8. The lowest BCUT2D eigenvalue weighted by Crippen LogP contribution is -2.44. The van der Waals surface area contributed by atoms with Crippen LogP contribution in [-0.2, 0) is 25.8 Å². The maximum atomic E-state index is 11.9. The van der Waals surface area contributed by atoms with Gasteiger partial charge in [-0.15, -0.1) is 0 Å². The second-order valence-electron chi connectivity index (χ2n) is 9.63. The molecular formula is C24H36N4O6. The molecule has 1 aromatic rings. The predicted octanol–water partition coefficient (Wildman–Crippen LogP) is 3.08. The van der Waals surface area contributed by atoms with Gasteiger partial charge < -0.3 is 14.5 Å². The molecule has 0 aliphatic carbocycles. The lowest BCUT2D eigenvalue weighted by molar-refractivity contribution is -0.140. The Balaban J connectivity index is 0.000000191. The van der Waals surface area contributed by atoms with Gasteiger partial charge in [-0.2, -0.15) is 5.06 Å². The van der Waals surface area contributed by atoms with Crippen molar-refractivity contribution in [2.24, 2.45) is 0 Å². The van der Waals surface area contributed by atoms with Crippen molar-refractivity contribution in [3.63, 3.8) is 0 Å². The molecule has 2 bridgehead atoms. The van der Waals surface area contributed by atoms with Crippen molar-refractivity contribution >= 4 is 18.5 Å². The molecule has 4 rings (SSSR count). The summed E-state index contributed by atoms with van der Waals surface area (Å²) in [5.41, 5.74) is 2.81. The van der Waals surface area contributed by atoms with E-state index < -0.39 is 5.60 Å². The number of hydrogen-bond donors (Lipinski definition) is 1. The molecule has 3 heterocycles. The summed E-state index contributed by atoms with van der Waals surface area (Å²) in [6.07, 6.45) is 3.71. The monoisotopic (exact) mass is 476 g/mol. The number of amides is 4. The number of nitrogens with one attached hydrogen (secondary N) is 1. The van der Waals surface area contributed by atoms with Gasteiger partial charge in [-0.05, 0) is 52.0 Å². The Hall–Kier alpha value is -2.85. The van der Waals surface area contributed by atoms with Crippen LogP contribution in [0.2, 0.25) is 0 Å². The minimum absolute atomic E-state index is 0.0288. The smallest absolute Gasteiger partial charge is 0.410 e. The Morgan fingerprint density at radius 3 is 2.44 bits per heavy atom. The van der Waals surface area contributed by atoms with Gasteiger partial charge in [0.15, 0.2) is 0 Å². The minimum Gasteiger partial charge on any atom is -0.444 e. The van der Waals surface area contributed by atoms with Crippen molar-refractivity contribution in [3.8, 4) is 0 Å². The average Bonchev–Trinajstić information content (AvgIpc) is 3.03. The molecule has 10 nitrogen and oxygen atoms in total. The van der Waals surface area contributed by atoms with E-state index in [1.807, 2.05) is 56.0 Å². The van der Waals surface area contributed by atoms with Crippen molar-refractivity contribution in [3.05, 3.63) is 35.9 Å². The topological polar surface area (TPSA) is 101 Å². The molecule has 3 aliphatic heterocycles. The summed E-state index contributed by atoms with van der Waals surface area (Å²) in [5.74, 6) is 0. The number of benzene rings is 1. The van der Waals surface area contributed by atoms with Crippen LogP contribution in [0.5, 0.6) is 0 Å². The summed E-state index contributed by atoms with van der Waals surface area (Å²) >= 11 is 0. The molecule has 1 N–H and O–H groups in total. The third-order valence-electron chi connectivity index (χ3n) is 5.78. The number of piperidine rings is 2. The van der Waals surface area contributed by atoms with E-state index in [4.69, 9.17) is 14.4 Å². The van der Waals surface area contributed by atoms with E-state index in [1.165, 1.54) is 0 Å². The van der Waals surface area contributed by atoms with Gasteiger partial charge in [0, 0.05) is 26.2 Å². The third kappa shape index (κ3) is 7.59. The molecule has 0 radical (unpaired) electrons. The number of rotatable bonds is 6. The van der Waals surface area contributed by atoms with E-state index in [1.54, 1.807) is 9.96 Å². The van der Waals surface area contributed by atoms with E-state index in [2.05, 4.69) is 5.48 Å². The number of likely N-dealkylation sites (tertiary alicyclic amines) is 1. The van der Waals surface area contributed by atoms with Crippen LogP contribution in [0.4, 0.5) is 9.59 Å². The molecule has 1 unspecified atom stereocenters. The van der Waals surface area contributed by atoms with Crippen molar-refractivity contribution in [1.29, 1.82) is 0 Å². The van der Waals surface area contributed by atoms with E-state index in [0.29, 0.717) is 38.9 Å². The summed E-state index contributed by atoms with van der Waals surface area (Å²) in [7, 11) is 0. The predicted molar refractivity (Wildman–Crippen MR) is 124 cm³/mol. The second-order valence-corrected chi connectivity index (χ2v) is 9.63. The quantitative estimate of drug-likeness (QED) is 0.500. The zero-order chi connectivity index (χ0) is 24.6. The molecule has 4 amide bonds. The lowest BCUT2D eigenvalue weighted by Gasteiger charge is -2.32. The molecule has 1 aromatic carbocycles. The Morgan fingerprint density at radius 1 is 1.12 bits per heavy atom. The van der Waals surface area contributed by atoms with E-state index >= 15 is 0 Å². The van der Waals surface area contributed by atoms with Crippen LogP contribution in [0.15, 0.2) is 30.3 Å². The molecular weight excluding hydrogens is 440 g/mol. The highest BCUT2D eigenvalue weighted by Gasteiger charge is 2.40. The Morgan fingerprint density at radius 2 is 1.82 bits per heavy atom. The number of hydroxylamine groups is 3. The fourth-order valence-corrected chi connectivity index (χ4v) is 4.10. The van der Waals surface area contributed by atoms with Crippen LogP contribution >= 0.6 is 0 Å². The van der Waals surface area contributed by atoms with Gasteiger partial charge in [0.2, 0.25) is 6.41 Å². The van der Waals surface area contributed by atoms with Gasteiger partial charge in [0.1, 0.15) is 12.2 Å². The van der Waals surface area contributed by atoms with E-state index in [9.17, 15) is 14.4 Å². The number of carbonyl (C=O) groups excluding carboxylic acids is 3. The Bertz CT molecular complexity index is 807. The van der Waals surface area contributed by atoms with E-state index in [0.717, 1.165) is 31.5 Å². The summed E-state index contributed by atoms with van der Waals surface area (Å²) < 4.78 is 5.27. The molecule has 10 heteroatoms. The second kappa shape index (κ2) is 12.0. The highest BCUT2D eigenvalue weighted by atomic mass is 16.7. The first kappa shape index (κ1) is 25.8. The molecule has 3 fully saturated rings. The van der Waals surface area contributed by atoms with Gasteiger partial charge in [0.05, 0.1) is 12.1 Å². The number of carbonyl (C=O) groups is 3. The van der Waals surface area contributed by atoms with Gasteiger partial charge in [-0.25, -0.2) is 15.1 Å². The van der Waals surface area contributed by atoms with Gasteiger partial charge in [-0.3, -0.25) is 14.5 Å². The molecule has 0 saturated carbocycles. The summed E-state index contributed by atoms with van der Waals surface area (Å²) in [5, 5.41) is 1.57. The first-order valence-electron chi connectivity index (χ1n) is 11.8. The number of urea groups is 1. The molecule has 0 spiro atoms. The van der Waals surface area contributed by atoms with Crippen LogP contribution in [0.1, 0.15) is 52.0 Å². The zero-order valence-electron chi connectivity index (χ0n) is 20.3. The lowest BCUT2D eigenvalue weighted by atomic mass is 10.1. The molecule has 34 heavy (non-hydrogen) atoms. The molecule has 188 valence electrons. The maximum absolute atomic E-state index is 11.9. The van der Waals surface area contributed by atoms with Crippen LogP contribution in [0.3, 0.4) is 0 Å². The fraction of sp³-hybridized carbons (Fsp3) is 0.625. The molecule has 0 aromatic heterocycles. The summed E-state index contributed by atoms with van der Waals surface area (Å²) in [6.45, 7) is 8.86. The third-order valence-corrected chi connectivity index (χ3v) is 5.78. The van der Waals surface area contributed by atoms with Gasteiger partial charge in [-0.1, -0.05) is 30.3 Å². The highest BCUT2D eigenvalue weighted by Crippen LogP contribution is 2.26. The number of fused-ring (bicyclic) bond motifs is 2. The van der Waals surface area contributed by atoms with Crippen molar-refractivity contribution in [2.45, 2.75) is 70.8 Å². The van der Waals surface area contributed by atoms with E-state index in [-0.39, 0.29) is 24.3 Å². The van der Waals surface area contributed by atoms with Gasteiger partial charge in [0.25, 0.3) is 0 Å². The molecule has 1 atom stereocenters. The van der Waals surface area contributed by atoms with Crippen LogP contribution in [0.25, 0.3) is 0 Å². The maximum Gasteiger partial charge on any atom is 0.410 e. The molecule has 3 aliphatic rings. The number of nitrogens with zero attached hydrogens (tertiary/aromatic N) is 3. The van der Waals surface area contributed by atoms with Crippen LogP contribution in [0, 0.1) is 0 Å². The Labute approximate surface area is 201 Å².